The molecular weight excluding hydrogens is 573 g/mol. The highest BCUT2D eigenvalue weighted by Crippen LogP contribution is 2.52. The standard InChI is InChI=1S/C30H33F3N2O8/c1-28(2)13-20-24(21(36)14-28)29(30(31,32)33,27(38)35(20)15-16-8-18(39-3)12-19(9-16)40-4)34-26(37)17-10-22(41-5)25(43-7)23(11-17)42-6/h8-12H,13-15H2,1-7H3,(H,34,37)/t29-/m1/s1. The maximum Gasteiger partial charge on any atom is 0.425 e. The molecular formula is C30H33F3N2O8. The second-order valence-corrected chi connectivity index (χ2v) is 11.0. The van der Waals surface area contributed by atoms with Crippen molar-refractivity contribution in [3.05, 3.63) is 52.7 Å². The fourth-order valence-corrected chi connectivity index (χ4v) is 5.59. The molecule has 0 saturated heterocycles. The van der Waals surface area contributed by atoms with E-state index in [2.05, 4.69) is 0 Å². The van der Waals surface area contributed by atoms with E-state index < -0.39 is 40.3 Å². The molecule has 0 bridgehead atoms. The van der Waals surface area contributed by atoms with E-state index in [0.29, 0.717) is 17.1 Å². The Kier molecular flexibility index (Phi) is 8.31. The van der Waals surface area contributed by atoms with Gasteiger partial charge in [-0.25, -0.2) is 0 Å². The number of hydrogen-bond donors (Lipinski definition) is 1. The molecule has 2 aliphatic rings. The molecule has 0 unspecified atom stereocenters. The Morgan fingerprint density at radius 1 is 0.860 bits per heavy atom. The zero-order chi connectivity index (χ0) is 31.9. The van der Waals surface area contributed by atoms with Crippen molar-refractivity contribution < 1.29 is 51.2 Å². The van der Waals surface area contributed by atoms with Crippen LogP contribution in [0.15, 0.2) is 41.6 Å². The van der Waals surface area contributed by atoms with Gasteiger partial charge < -0.3 is 33.9 Å². The highest BCUT2D eigenvalue weighted by atomic mass is 19.4. The molecule has 0 radical (unpaired) electrons. The summed E-state index contributed by atoms with van der Waals surface area (Å²) in [6.45, 7) is 3.12. The molecule has 0 spiro atoms. The molecule has 10 nitrogen and oxygen atoms in total. The number of Topliss-reactive ketones (excluding diaryl/α,β-unsaturated/α-hetero) is 1. The summed E-state index contributed by atoms with van der Waals surface area (Å²) in [7, 11) is 6.71. The van der Waals surface area contributed by atoms with Gasteiger partial charge in [0.05, 0.1) is 47.7 Å². The minimum atomic E-state index is -5.39. The number of carbonyl (C=O) groups is 3. The van der Waals surface area contributed by atoms with E-state index in [1.165, 1.54) is 35.5 Å². The van der Waals surface area contributed by atoms with Crippen LogP contribution in [0.5, 0.6) is 28.7 Å². The molecule has 0 saturated carbocycles. The quantitative estimate of drug-likeness (QED) is 0.446. The molecule has 1 aliphatic heterocycles. The van der Waals surface area contributed by atoms with Crippen LogP contribution in [-0.4, -0.2) is 69.8 Å². The largest absolute Gasteiger partial charge is 0.497 e. The molecule has 0 aromatic heterocycles. The normalized spacial score (nSPS) is 19.6. The van der Waals surface area contributed by atoms with Gasteiger partial charge >= 0.3 is 6.18 Å². The van der Waals surface area contributed by atoms with Gasteiger partial charge in [0.15, 0.2) is 17.3 Å². The van der Waals surface area contributed by atoms with Crippen molar-refractivity contribution in [2.75, 3.05) is 35.5 Å². The fraction of sp³-hybridized carbons (Fsp3) is 0.433. The number of rotatable bonds is 9. The maximum atomic E-state index is 15.3. The fourth-order valence-electron chi connectivity index (χ4n) is 5.59. The molecule has 2 aromatic carbocycles. The minimum absolute atomic E-state index is 0.00908. The lowest BCUT2D eigenvalue weighted by Gasteiger charge is -2.35. The van der Waals surface area contributed by atoms with Crippen LogP contribution in [0.4, 0.5) is 13.2 Å². The molecule has 1 heterocycles. The number of halogens is 3. The number of nitrogens with one attached hydrogen (secondary N) is 1. The third kappa shape index (κ3) is 5.43. The average Bonchev–Trinajstić information content (AvgIpc) is 3.18. The van der Waals surface area contributed by atoms with Gasteiger partial charge in [0, 0.05) is 23.7 Å². The van der Waals surface area contributed by atoms with E-state index >= 15 is 13.2 Å². The molecule has 2 amide bonds. The SMILES string of the molecule is COc1cc(CN2C(=O)[C@@](NC(=O)c3cc(OC)c(OC)c(OC)c3)(C(F)(F)F)C3=C2CC(C)(C)CC3=O)cc(OC)c1. The number of alkyl halides is 3. The van der Waals surface area contributed by atoms with Gasteiger partial charge in [-0.1, -0.05) is 13.8 Å². The van der Waals surface area contributed by atoms with Crippen molar-refractivity contribution in [2.45, 2.75) is 44.9 Å². The summed E-state index contributed by atoms with van der Waals surface area (Å²) in [6, 6.07) is 6.98. The second kappa shape index (κ2) is 11.3. The Morgan fingerprint density at radius 3 is 1.88 bits per heavy atom. The first-order valence-electron chi connectivity index (χ1n) is 13.2. The van der Waals surface area contributed by atoms with Crippen LogP contribution >= 0.6 is 0 Å². The van der Waals surface area contributed by atoms with Crippen LogP contribution in [0.3, 0.4) is 0 Å². The Bertz CT molecular complexity index is 1450. The van der Waals surface area contributed by atoms with E-state index in [0.717, 1.165) is 17.0 Å². The lowest BCUT2D eigenvalue weighted by molar-refractivity contribution is -0.190. The number of carbonyl (C=O) groups excluding carboxylic acids is 3. The Hall–Kier alpha value is -4.42. The zero-order valence-corrected chi connectivity index (χ0v) is 24.9. The van der Waals surface area contributed by atoms with Gasteiger partial charge in [-0.2, -0.15) is 13.2 Å². The number of hydrogen-bond acceptors (Lipinski definition) is 8. The monoisotopic (exact) mass is 606 g/mol. The number of nitrogens with zero attached hydrogens (tertiary/aromatic N) is 1. The third-order valence-electron chi connectivity index (χ3n) is 7.52. The average molecular weight is 607 g/mol. The highest BCUT2D eigenvalue weighted by Gasteiger charge is 2.71. The van der Waals surface area contributed by atoms with E-state index in [-0.39, 0.29) is 47.9 Å². The summed E-state index contributed by atoms with van der Waals surface area (Å²) in [5.74, 6) is -2.82. The van der Waals surface area contributed by atoms with Crippen LogP contribution in [0.2, 0.25) is 0 Å². The summed E-state index contributed by atoms with van der Waals surface area (Å²) < 4.78 is 72.1. The summed E-state index contributed by atoms with van der Waals surface area (Å²) in [5, 5.41) is 1.92. The molecule has 13 heteroatoms. The number of ether oxygens (including phenoxy) is 5. The van der Waals surface area contributed by atoms with Crippen molar-refractivity contribution in [2.24, 2.45) is 5.41 Å². The number of amides is 2. The minimum Gasteiger partial charge on any atom is -0.497 e. The first kappa shape index (κ1) is 31.5. The third-order valence-corrected chi connectivity index (χ3v) is 7.52. The summed E-state index contributed by atoms with van der Waals surface area (Å²) in [4.78, 5) is 42.1. The van der Waals surface area contributed by atoms with Gasteiger partial charge in [-0.3, -0.25) is 14.4 Å². The van der Waals surface area contributed by atoms with Gasteiger partial charge in [0.2, 0.25) is 11.3 Å². The van der Waals surface area contributed by atoms with Crippen LogP contribution in [0.25, 0.3) is 0 Å². The second-order valence-electron chi connectivity index (χ2n) is 11.0. The molecule has 4 rings (SSSR count). The Balaban J connectivity index is 1.89. The van der Waals surface area contributed by atoms with Gasteiger partial charge in [0.1, 0.15) is 11.5 Å². The number of ketones is 1. The highest BCUT2D eigenvalue weighted by molar-refractivity contribution is 6.14. The Labute approximate surface area is 246 Å². The predicted molar refractivity (Wildman–Crippen MR) is 147 cm³/mol. The number of allylic oxidation sites excluding steroid dienone is 1. The van der Waals surface area contributed by atoms with E-state index in [9.17, 15) is 14.4 Å². The maximum absolute atomic E-state index is 15.3. The van der Waals surface area contributed by atoms with Crippen molar-refractivity contribution >= 4 is 17.6 Å². The lowest BCUT2D eigenvalue weighted by atomic mass is 9.72. The molecule has 1 aliphatic carbocycles. The van der Waals surface area contributed by atoms with Crippen LogP contribution in [0, 0.1) is 5.41 Å². The summed E-state index contributed by atoms with van der Waals surface area (Å²) in [5.41, 5.74) is -5.21. The first-order valence-corrected chi connectivity index (χ1v) is 13.2. The number of methoxy groups -OCH3 is 5. The van der Waals surface area contributed by atoms with Crippen molar-refractivity contribution in [3.63, 3.8) is 0 Å². The lowest BCUT2D eigenvalue weighted by Crippen LogP contribution is -2.66. The smallest absolute Gasteiger partial charge is 0.425 e. The predicted octanol–water partition coefficient (Wildman–Crippen LogP) is 4.45. The molecule has 1 atom stereocenters. The molecule has 1 N–H and O–H groups in total. The van der Waals surface area contributed by atoms with Gasteiger partial charge in [-0.05, 0) is 41.7 Å². The Morgan fingerprint density at radius 2 is 1.42 bits per heavy atom. The van der Waals surface area contributed by atoms with Crippen LogP contribution in [0.1, 0.15) is 42.6 Å². The summed E-state index contributed by atoms with van der Waals surface area (Å²) >= 11 is 0. The molecule has 43 heavy (non-hydrogen) atoms. The van der Waals surface area contributed by atoms with Crippen molar-refractivity contribution in [1.29, 1.82) is 0 Å². The molecule has 232 valence electrons. The topological polar surface area (TPSA) is 113 Å². The molecule has 0 fully saturated rings. The van der Waals surface area contributed by atoms with Crippen molar-refractivity contribution in [3.8, 4) is 28.7 Å². The van der Waals surface area contributed by atoms with Gasteiger partial charge in [-0.15, -0.1) is 0 Å². The van der Waals surface area contributed by atoms with Gasteiger partial charge in [0.25, 0.3) is 11.8 Å². The van der Waals surface area contributed by atoms with E-state index in [1.807, 2.05) is 5.32 Å². The summed E-state index contributed by atoms with van der Waals surface area (Å²) in [6.07, 6.45) is -5.66. The van der Waals surface area contributed by atoms with E-state index in [4.69, 9.17) is 23.7 Å². The van der Waals surface area contributed by atoms with Crippen LogP contribution < -0.4 is 29.0 Å². The van der Waals surface area contributed by atoms with Crippen molar-refractivity contribution in [1.82, 2.24) is 10.2 Å². The number of benzene rings is 2. The molecule has 2 aromatic rings. The van der Waals surface area contributed by atoms with Crippen LogP contribution in [-0.2, 0) is 16.1 Å². The first-order chi connectivity index (χ1) is 20.2. The zero-order valence-electron chi connectivity index (χ0n) is 24.9. The van der Waals surface area contributed by atoms with E-state index in [1.54, 1.807) is 32.0 Å².